The van der Waals surface area contributed by atoms with Gasteiger partial charge in [-0.25, -0.2) is 9.59 Å². The van der Waals surface area contributed by atoms with Crippen LogP contribution in [0.5, 0.6) is 0 Å². The first kappa shape index (κ1) is 22.0. The lowest BCUT2D eigenvalue weighted by Crippen LogP contribution is -2.06. The van der Waals surface area contributed by atoms with Gasteiger partial charge >= 0.3 is 20.2 Å². The first-order valence-corrected chi connectivity index (χ1v) is 8.79. The summed E-state index contributed by atoms with van der Waals surface area (Å²) >= 11 is 0. The minimum absolute atomic E-state index is 0.0277. The van der Waals surface area contributed by atoms with Crippen molar-refractivity contribution in [2.45, 2.75) is 27.2 Å². The summed E-state index contributed by atoms with van der Waals surface area (Å²) in [6.45, 7) is 5.73. The lowest BCUT2D eigenvalue weighted by atomic mass is 10.0. The molecule has 0 aromatic heterocycles. The molecular formula is C12H16Cl2O6S. The van der Waals surface area contributed by atoms with Crippen molar-refractivity contribution < 1.29 is 28.2 Å². The summed E-state index contributed by atoms with van der Waals surface area (Å²) in [7, 11) is 4.81. The van der Waals surface area contributed by atoms with Gasteiger partial charge in [-0.05, 0) is 24.6 Å². The van der Waals surface area contributed by atoms with Crippen LogP contribution in [-0.2, 0) is 8.26 Å². The highest BCUT2D eigenvalue weighted by molar-refractivity contribution is 8.31. The smallest absolute Gasteiger partial charge is 0.335 e. The second-order valence-corrected chi connectivity index (χ2v) is 7.34. The van der Waals surface area contributed by atoms with Crippen molar-refractivity contribution >= 4 is 41.6 Å². The zero-order chi connectivity index (χ0) is 17.2. The average Bonchev–Trinajstić information content (AvgIpc) is 2.27. The van der Waals surface area contributed by atoms with E-state index in [0.29, 0.717) is 0 Å². The van der Waals surface area contributed by atoms with Crippen LogP contribution in [0.3, 0.4) is 0 Å². The maximum absolute atomic E-state index is 10.6. The topological polar surface area (TPSA) is 109 Å². The molecular weight excluding hydrogens is 343 g/mol. The van der Waals surface area contributed by atoms with E-state index in [1.807, 2.05) is 0 Å². The van der Waals surface area contributed by atoms with E-state index >= 15 is 0 Å². The summed E-state index contributed by atoms with van der Waals surface area (Å²) in [5.74, 6) is -2.22. The van der Waals surface area contributed by atoms with Crippen LogP contribution in [0, 0.1) is 6.92 Å². The summed E-state index contributed by atoms with van der Waals surface area (Å²) in [4.78, 5) is 21.2. The molecule has 0 aliphatic rings. The Labute approximate surface area is 132 Å². The monoisotopic (exact) mass is 358 g/mol. The Balaban J connectivity index is 0. The zero-order valence-corrected chi connectivity index (χ0v) is 14.0. The molecule has 0 unspecified atom stereocenters. The molecule has 21 heavy (non-hydrogen) atoms. The third-order valence-electron chi connectivity index (χ3n) is 1.79. The van der Waals surface area contributed by atoms with E-state index in [-0.39, 0.29) is 16.7 Å². The summed E-state index contributed by atoms with van der Waals surface area (Å²) < 4.78 is 18.3. The maximum Gasteiger partial charge on any atom is 0.335 e. The van der Waals surface area contributed by atoms with Crippen LogP contribution in [0.1, 0.15) is 46.5 Å². The van der Waals surface area contributed by atoms with E-state index in [4.69, 9.17) is 18.6 Å². The van der Waals surface area contributed by atoms with Crippen molar-refractivity contribution in [2.24, 2.45) is 0 Å². The fraction of sp³-hybridized carbons (Fsp3) is 0.333. The fourth-order valence-corrected chi connectivity index (χ4v) is 1.10. The van der Waals surface area contributed by atoms with Crippen LogP contribution in [-0.4, -0.2) is 30.6 Å². The summed E-state index contributed by atoms with van der Waals surface area (Å²) in [5.41, 5.74) is 0.335. The van der Waals surface area contributed by atoms with Crippen molar-refractivity contribution in [3.05, 3.63) is 34.9 Å². The Hall–Kier alpha value is -1.31. The van der Waals surface area contributed by atoms with E-state index in [1.165, 1.54) is 31.5 Å². The molecule has 0 amide bonds. The molecule has 1 aromatic rings. The van der Waals surface area contributed by atoms with Crippen LogP contribution in [0.2, 0.25) is 0 Å². The molecule has 6 nitrogen and oxygen atoms in total. The van der Waals surface area contributed by atoms with Crippen molar-refractivity contribution in [1.82, 2.24) is 0 Å². The lowest BCUT2D eigenvalue weighted by molar-refractivity contribution is 0.0696. The predicted molar refractivity (Wildman–Crippen MR) is 81.7 cm³/mol. The number of hydrogen-bond donors (Lipinski definition) is 2. The predicted octanol–water partition coefficient (Wildman–Crippen LogP) is 3.52. The van der Waals surface area contributed by atoms with E-state index in [9.17, 15) is 9.59 Å². The van der Waals surface area contributed by atoms with Gasteiger partial charge in [0.25, 0.3) is 0 Å². The van der Waals surface area contributed by atoms with Crippen molar-refractivity contribution in [2.75, 3.05) is 0 Å². The molecule has 1 aromatic carbocycles. The average molecular weight is 359 g/mol. The Morgan fingerprint density at radius 2 is 1.29 bits per heavy atom. The Kier molecular flexibility index (Phi) is 10.9. The molecule has 0 saturated heterocycles. The normalized spacial score (nSPS) is 9.57. The van der Waals surface area contributed by atoms with Crippen molar-refractivity contribution in [1.29, 1.82) is 0 Å². The molecule has 0 aliphatic heterocycles. The van der Waals surface area contributed by atoms with Gasteiger partial charge in [-0.1, -0.05) is 26.3 Å². The molecule has 120 valence electrons. The molecule has 0 atom stereocenters. The molecule has 1 rings (SSSR count). The number of rotatable bonds is 2. The van der Waals surface area contributed by atoms with Gasteiger partial charge in [-0.2, -0.15) is 8.42 Å². The highest BCUT2D eigenvalue weighted by atomic mass is 36.0. The molecule has 0 spiro atoms. The Bertz CT molecular complexity index is 543. The molecule has 9 heteroatoms. The highest BCUT2D eigenvalue weighted by Gasteiger charge is 2.13. The number of hydrogen-bond acceptors (Lipinski definition) is 4. The van der Waals surface area contributed by atoms with Crippen LogP contribution in [0.4, 0.5) is 0 Å². The second kappa shape index (κ2) is 10.4. The number of benzene rings is 1. The van der Waals surface area contributed by atoms with Gasteiger partial charge in [0.2, 0.25) is 0 Å². The Morgan fingerprint density at radius 1 is 1.05 bits per heavy atom. The summed E-state index contributed by atoms with van der Waals surface area (Å²) in [6, 6.07) is 4.17. The van der Waals surface area contributed by atoms with Crippen LogP contribution >= 0.6 is 21.4 Å². The van der Waals surface area contributed by atoms with E-state index in [0.717, 1.165) is 0 Å². The number of carboxylic acids is 2. The molecule has 0 saturated carbocycles. The summed E-state index contributed by atoms with van der Waals surface area (Å²) in [5, 5.41) is 17.4. The molecule has 0 bridgehead atoms. The lowest BCUT2D eigenvalue weighted by Gasteiger charge is -2.03. The van der Waals surface area contributed by atoms with Gasteiger partial charge in [0, 0.05) is 21.4 Å². The number of carboxylic acid groups (broad SMARTS) is 2. The molecule has 0 aliphatic carbocycles. The fourth-order valence-electron chi connectivity index (χ4n) is 1.10. The van der Waals surface area contributed by atoms with Gasteiger partial charge in [-0.15, -0.1) is 0 Å². The maximum atomic E-state index is 10.6. The SMILES string of the molecule is CCC.Cc1c(C(=O)O)cccc1C(=O)O.O=S(=O)(Cl)Cl. The van der Waals surface area contributed by atoms with Crippen LogP contribution < -0.4 is 0 Å². The van der Waals surface area contributed by atoms with E-state index in [2.05, 4.69) is 35.2 Å². The van der Waals surface area contributed by atoms with Crippen LogP contribution in [0.25, 0.3) is 0 Å². The summed E-state index contributed by atoms with van der Waals surface area (Å²) in [6.07, 6.45) is 1.25. The number of halogens is 2. The standard InChI is InChI=1S/C9H8O4.C3H8.Cl2O2S/c1-5-6(8(10)11)3-2-4-7(5)9(12)13;1-3-2;1-5(2,3)4/h2-4H,1H3,(H,10,11)(H,12,13);3H2,1-2H3;. The highest BCUT2D eigenvalue weighted by Crippen LogP contribution is 2.13. The van der Waals surface area contributed by atoms with Gasteiger partial charge in [0.1, 0.15) is 0 Å². The molecule has 0 heterocycles. The van der Waals surface area contributed by atoms with Crippen molar-refractivity contribution in [3.63, 3.8) is 0 Å². The molecule has 0 radical (unpaired) electrons. The first-order valence-electron chi connectivity index (χ1n) is 5.66. The van der Waals surface area contributed by atoms with Gasteiger partial charge in [0.05, 0.1) is 11.1 Å². The largest absolute Gasteiger partial charge is 0.478 e. The van der Waals surface area contributed by atoms with Gasteiger partial charge < -0.3 is 10.2 Å². The van der Waals surface area contributed by atoms with Gasteiger partial charge in [0.15, 0.2) is 0 Å². The van der Waals surface area contributed by atoms with E-state index in [1.54, 1.807) is 0 Å². The van der Waals surface area contributed by atoms with E-state index < -0.39 is 20.2 Å². The van der Waals surface area contributed by atoms with Crippen LogP contribution in [0.15, 0.2) is 18.2 Å². The third-order valence-corrected chi connectivity index (χ3v) is 1.79. The minimum atomic E-state index is -3.72. The Morgan fingerprint density at radius 3 is 1.48 bits per heavy atom. The second-order valence-electron chi connectivity index (χ2n) is 3.67. The minimum Gasteiger partial charge on any atom is -0.478 e. The zero-order valence-electron chi connectivity index (χ0n) is 11.6. The number of aromatic carboxylic acids is 2. The van der Waals surface area contributed by atoms with Gasteiger partial charge in [-0.3, -0.25) is 0 Å². The third kappa shape index (κ3) is 12.2. The van der Waals surface area contributed by atoms with Crippen molar-refractivity contribution in [3.8, 4) is 0 Å². The molecule has 0 fully saturated rings. The quantitative estimate of drug-likeness (QED) is 0.782. The molecule has 2 N–H and O–H groups in total. The first-order chi connectivity index (χ1) is 9.45. The number of carbonyl (C=O) groups is 2.